The Hall–Kier alpha value is -2.71. The van der Waals surface area contributed by atoms with Gasteiger partial charge in [0.25, 0.3) is 5.24 Å². The molecule has 7 nitrogen and oxygen atoms in total. The van der Waals surface area contributed by atoms with Crippen LogP contribution < -0.4 is 15.0 Å². The van der Waals surface area contributed by atoms with Crippen LogP contribution in [0.15, 0.2) is 47.4 Å². The summed E-state index contributed by atoms with van der Waals surface area (Å²) in [5.74, 6) is -0.486. The molecule has 1 aliphatic rings. The Bertz CT molecular complexity index is 982. The number of benzene rings is 2. The number of carbonyl (C=O) groups excluding carboxylic acids is 3. The van der Waals surface area contributed by atoms with Crippen LogP contribution in [0.25, 0.3) is 0 Å². The first-order valence-corrected chi connectivity index (χ1v) is 10.4. The second-order valence-electron chi connectivity index (χ2n) is 6.97. The summed E-state index contributed by atoms with van der Waals surface area (Å²) in [5.41, 5.74) is 1.08. The molecule has 1 saturated heterocycles. The number of amides is 3. The molecule has 1 aliphatic heterocycles. The predicted octanol–water partition coefficient (Wildman–Crippen LogP) is 4.11. The van der Waals surface area contributed by atoms with Crippen LogP contribution in [0.3, 0.4) is 0 Å². The minimum absolute atomic E-state index is 0.0768. The molecule has 3 rings (SSSR count). The molecule has 3 amide bonds. The average molecular weight is 448 g/mol. The van der Waals surface area contributed by atoms with Gasteiger partial charge in [-0.3, -0.25) is 14.4 Å². The maximum Gasteiger partial charge on any atom is 0.286 e. The lowest BCUT2D eigenvalue weighted by Gasteiger charge is -2.20. The fraction of sp³-hybridized carbons (Fsp3) is 0.286. The standard InChI is InChI=1S/C21H22ClN3O4S/c1-24(2)21(28)30-18-7-5-4-6-15(18)23-20(27)13-10-19(26)25(12-13)16-11-14(22)8-9-17(16)29-3/h4-9,11,13H,10,12H2,1-3H3,(H,23,27). The van der Waals surface area contributed by atoms with Gasteiger partial charge in [0, 0.05) is 37.0 Å². The number of halogens is 1. The van der Waals surface area contributed by atoms with Crippen molar-refractivity contribution in [2.24, 2.45) is 5.92 Å². The monoisotopic (exact) mass is 447 g/mol. The summed E-state index contributed by atoms with van der Waals surface area (Å²) >= 11 is 7.11. The van der Waals surface area contributed by atoms with E-state index in [0.717, 1.165) is 11.8 Å². The summed E-state index contributed by atoms with van der Waals surface area (Å²) in [6, 6.07) is 12.1. The Morgan fingerprint density at radius 2 is 1.97 bits per heavy atom. The third-order valence-corrected chi connectivity index (χ3v) is 5.99. The van der Waals surface area contributed by atoms with E-state index in [9.17, 15) is 14.4 Å². The van der Waals surface area contributed by atoms with Crippen LogP contribution in [0.1, 0.15) is 6.42 Å². The quantitative estimate of drug-likeness (QED) is 0.697. The fourth-order valence-electron chi connectivity index (χ4n) is 3.07. The van der Waals surface area contributed by atoms with Gasteiger partial charge in [-0.1, -0.05) is 23.7 Å². The van der Waals surface area contributed by atoms with E-state index in [1.807, 2.05) is 0 Å². The second-order valence-corrected chi connectivity index (χ2v) is 8.40. The van der Waals surface area contributed by atoms with Gasteiger partial charge in [-0.25, -0.2) is 0 Å². The summed E-state index contributed by atoms with van der Waals surface area (Å²) in [6.45, 7) is 0.216. The minimum atomic E-state index is -0.538. The molecule has 0 bridgehead atoms. The second kappa shape index (κ2) is 9.40. The molecule has 2 aromatic carbocycles. The molecule has 30 heavy (non-hydrogen) atoms. The van der Waals surface area contributed by atoms with E-state index in [0.29, 0.717) is 27.0 Å². The van der Waals surface area contributed by atoms with Gasteiger partial charge < -0.3 is 19.9 Å². The van der Waals surface area contributed by atoms with Crippen molar-refractivity contribution in [3.8, 4) is 5.75 Å². The Balaban J connectivity index is 1.75. The first-order chi connectivity index (χ1) is 14.3. The Morgan fingerprint density at radius 1 is 1.23 bits per heavy atom. The number of carbonyl (C=O) groups is 3. The number of anilines is 2. The smallest absolute Gasteiger partial charge is 0.286 e. The van der Waals surface area contributed by atoms with Crippen molar-refractivity contribution in [2.75, 3.05) is 38.0 Å². The molecule has 2 aromatic rings. The summed E-state index contributed by atoms with van der Waals surface area (Å²) in [5, 5.41) is 3.19. The number of nitrogens with zero attached hydrogens (tertiary/aromatic N) is 2. The van der Waals surface area contributed by atoms with Crippen molar-refractivity contribution < 1.29 is 19.1 Å². The topological polar surface area (TPSA) is 79.0 Å². The number of ether oxygens (including phenoxy) is 1. The van der Waals surface area contributed by atoms with Gasteiger partial charge in [-0.2, -0.15) is 0 Å². The van der Waals surface area contributed by atoms with Crippen LogP contribution in [0.5, 0.6) is 5.75 Å². The van der Waals surface area contributed by atoms with Crippen LogP contribution >= 0.6 is 23.4 Å². The van der Waals surface area contributed by atoms with E-state index in [1.54, 1.807) is 56.6 Å². The number of hydrogen-bond donors (Lipinski definition) is 1. The molecule has 1 unspecified atom stereocenters. The van der Waals surface area contributed by atoms with Gasteiger partial charge in [0.2, 0.25) is 11.8 Å². The lowest BCUT2D eigenvalue weighted by atomic mass is 10.1. The number of rotatable bonds is 5. The summed E-state index contributed by atoms with van der Waals surface area (Å²) in [7, 11) is 4.85. The molecule has 1 heterocycles. The molecule has 0 radical (unpaired) electrons. The highest BCUT2D eigenvalue weighted by Crippen LogP contribution is 2.36. The Kier molecular flexibility index (Phi) is 6.89. The normalized spacial score (nSPS) is 15.8. The molecule has 0 saturated carbocycles. The number of thioether (sulfide) groups is 1. The molecule has 0 aromatic heterocycles. The van der Waals surface area contributed by atoms with E-state index < -0.39 is 5.92 Å². The number of para-hydroxylation sites is 1. The molecular formula is C21H22ClN3O4S. The van der Waals surface area contributed by atoms with Gasteiger partial charge in [0.1, 0.15) is 5.75 Å². The summed E-state index contributed by atoms with van der Waals surface area (Å²) in [6.07, 6.45) is 0.0768. The maximum absolute atomic E-state index is 12.9. The predicted molar refractivity (Wildman–Crippen MR) is 118 cm³/mol. The number of hydrogen-bond acceptors (Lipinski definition) is 5. The van der Waals surface area contributed by atoms with E-state index >= 15 is 0 Å². The zero-order chi connectivity index (χ0) is 21.8. The molecule has 9 heteroatoms. The molecule has 158 valence electrons. The van der Waals surface area contributed by atoms with Gasteiger partial charge in [-0.15, -0.1) is 0 Å². The lowest BCUT2D eigenvalue weighted by molar-refractivity contribution is -0.122. The van der Waals surface area contributed by atoms with Crippen molar-refractivity contribution in [1.82, 2.24) is 4.90 Å². The first-order valence-electron chi connectivity index (χ1n) is 9.23. The van der Waals surface area contributed by atoms with Crippen molar-refractivity contribution >= 4 is 51.8 Å². The summed E-state index contributed by atoms with van der Waals surface area (Å²) in [4.78, 5) is 41.1. The van der Waals surface area contributed by atoms with E-state index in [-0.39, 0.29) is 30.0 Å². The highest BCUT2D eigenvalue weighted by molar-refractivity contribution is 8.13. The van der Waals surface area contributed by atoms with E-state index in [4.69, 9.17) is 16.3 Å². The average Bonchev–Trinajstić information content (AvgIpc) is 3.11. The van der Waals surface area contributed by atoms with Crippen LogP contribution in [0, 0.1) is 5.92 Å². The van der Waals surface area contributed by atoms with Crippen molar-refractivity contribution in [1.29, 1.82) is 0 Å². The molecule has 1 atom stereocenters. The molecule has 0 spiro atoms. The van der Waals surface area contributed by atoms with Gasteiger partial charge in [-0.05, 0) is 42.1 Å². The van der Waals surface area contributed by atoms with Gasteiger partial charge >= 0.3 is 0 Å². The lowest BCUT2D eigenvalue weighted by Crippen LogP contribution is -2.28. The van der Waals surface area contributed by atoms with Gasteiger partial charge in [0.15, 0.2) is 0 Å². The largest absolute Gasteiger partial charge is 0.495 e. The van der Waals surface area contributed by atoms with Crippen LogP contribution in [-0.2, 0) is 9.59 Å². The Labute approximate surface area is 184 Å². The molecule has 1 N–H and O–H groups in total. The molecule has 1 fully saturated rings. The van der Waals surface area contributed by atoms with Crippen molar-refractivity contribution in [3.63, 3.8) is 0 Å². The highest BCUT2D eigenvalue weighted by atomic mass is 35.5. The highest BCUT2D eigenvalue weighted by Gasteiger charge is 2.36. The van der Waals surface area contributed by atoms with Crippen molar-refractivity contribution in [2.45, 2.75) is 11.3 Å². The van der Waals surface area contributed by atoms with Crippen LogP contribution in [0.2, 0.25) is 5.02 Å². The number of methoxy groups -OCH3 is 1. The zero-order valence-corrected chi connectivity index (χ0v) is 18.4. The van der Waals surface area contributed by atoms with E-state index in [1.165, 1.54) is 16.9 Å². The Morgan fingerprint density at radius 3 is 2.67 bits per heavy atom. The van der Waals surface area contributed by atoms with Crippen LogP contribution in [-0.4, -0.2) is 49.7 Å². The van der Waals surface area contributed by atoms with Gasteiger partial charge in [0.05, 0.1) is 24.4 Å². The van der Waals surface area contributed by atoms with E-state index in [2.05, 4.69) is 5.32 Å². The maximum atomic E-state index is 12.9. The molecule has 0 aliphatic carbocycles. The SMILES string of the molecule is COc1ccc(Cl)cc1N1CC(C(=O)Nc2ccccc2SC(=O)N(C)C)CC1=O. The zero-order valence-electron chi connectivity index (χ0n) is 16.8. The third kappa shape index (κ3) is 4.88. The first kappa shape index (κ1) is 22.0. The third-order valence-electron chi connectivity index (χ3n) is 4.63. The fourth-order valence-corrected chi connectivity index (χ4v) is 3.98. The molecular weight excluding hydrogens is 426 g/mol. The minimum Gasteiger partial charge on any atom is -0.495 e. The van der Waals surface area contributed by atoms with Crippen molar-refractivity contribution in [3.05, 3.63) is 47.5 Å². The van der Waals surface area contributed by atoms with Crippen LogP contribution in [0.4, 0.5) is 16.2 Å². The summed E-state index contributed by atoms with van der Waals surface area (Å²) < 4.78 is 5.33. The number of nitrogens with one attached hydrogen (secondary N) is 1.